The maximum Gasteiger partial charge on any atom is 0.406 e. The zero-order valence-corrected chi connectivity index (χ0v) is 15.3. The first kappa shape index (κ1) is 20.1. The highest BCUT2D eigenvalue weighted by Crippen LogP contribution is 2.34. The van der Waals surface area contributed by atoms with Gasteiger partial charge in [-0.25, -0.2) is 22.0 Å². The minimum atomic E-state index is -4.09. The normalized spacial score (nSPS) is 12.5. The molecule has 1 N–H and O–H groups in total. The highest BCUT2D eigenvalue weighted by Gasteiger charge is 2.32. The van der Waals surface area contributed by atoms with Crippen molar-refractivity contribution in [2.75, 3.05) is 13.7 Å². The highest BCUT2D eigenvalue weighted by molar-refractivity contribution is 7.91. The number of hydrogen-bond acceptors (Lipinski definition) is 4. The van der Waals surface area contributed by atoms with Gasteiger partial charge >= 0.3 is 6.09 Å². The van der Waals surface area contributed by atoms with Gasteiger partial charge in [0.05, 0.1) is 16.8 Å². The van der Waals surface area contributed by atoms with E-state index in [2.05, 4.69) is 5.32 Å². The molecule has 0 aliphatic carbocycles. The predicted octanol–water partition coefficient (Wildman–Crippen LogP) is 3.88. The number of sulfone groups is 1. The van der Waals surface area contributed by atoms with Gasteiger partial charge in [0.1, 0.15) is 11.6 Å². The third kappa shape index (κ3) is 4.70. The van der Waals surface area contributed by atoms with Crippen molar-refractivity contribution in [3.05, 3.63) is 64.7 Å². The summed E-state index contributed by atoms with van der Waals surface area (Å²) in [5.74, 6) is -1.64. The maximum atomic E-state index is 14.2. The van der Waals surface area contributed by atoms with Crippen LogP contribution >= 0.6 is 11.6 Å². The fraction of sp³-hybridized carbons (Fsp3) is 0.235. The van der Waals surface area contributed by atoms with Gasteiger partial charge < -0.3 is 10.1 Å². The van der Waals surface area contributed by atoms with Crippen molar-refractivity contribution in [1.29, 1.82) is 0 Å². The average molecular weight is 404 g/mol. The van der Waals surface area contributed by atoms with Crippen molar-refractivity contribution >= 4 is 27.5 Å². The molecule has 0 heterocycles. The smallest absolute Gasteiger partial charge is 0.406 e. The Balaban J connectivity index is 2.43. The Hall–Kier alpha value is -2.19. The molecule has 140 valence electrons. The van der Waals surface area contributed by atoms with E-state index < -0.39 is 32.8 Å². The van der Waals surface area contributed by atoms with Gasteiger partial charge in [-0.05, 0) is 42.5 Å². The van der Waals surface area contributed by atoms with Crippen LogP contribution < -0.4 is 5.32 Å². The maximum absolute atomic E-state index is 14.2. The molecule has 0 spiro atoms. The predicted molar refractivity (Wildman–Crippen MR) is 92.8 cm³/mol. The minimum absolute atomic E-state index is 0.101. The summed E-state index contributed by atoms with van der Waals surface area (Å²) in [6.07, 6.45) is -1.01. The molecule has 9 heteroatoms. The van der Waals surface area contributed by atoms with E-state index in [1.807, 2.05) is 0 Å². The van der Waals surface area contributed by atoms with Crippen LogP contribution in [0.3, 0.4) is 0 Å². The van der Waals surface area contributed by atoms with Crippen molar-refractivity contribution in [3.8, 4) is 0 Å². The number of halogens is 3. The van der Waals surface area contributed by atoms with Crippen LogP contribution in [-0.2, 0) is 14.6 Å². The zero-order chi connectivity index (χ0) is 19.3. The second-order valence-electron chi connectivity index (χ2n) is 5.33. The number of nitrogens with one attached hydrogen (secondary N) is 1. The van der Waals surface area contributed by atoms with Gasteiger partial charge in [0.15, 0.2) is 9.84 Å². The topological polar surface area (TPSA) is 72.5 Å². The molecule has 0 radical (unpaired) electrons. The van der Waals surface area contributed by atoms with Gasteiger partial charge in [0.2, 0.25) is 0 Å². The lowest BCUT2D eigenvalue weighted by molar-refractivity contribution is 0.146. The van der Waals surface area contributed by atoms with Crippen molar-refractivity contribution in [3.63, 3.8) is 0 Å². The molecule has 0 aromatic heterocycles. The van der Waals surface area contributed by atoms with E-state index >= 15 is 0 Å². The molecular weight excluding hydrogens is 388 g/mol. The molecule has 1 unspecified atom stereocenters. The number of carbonyl (C=O) groups is 1. The summed E-state index contributed by atoms with van der Waals surface area (Å²) in [6, 6.07) is 7.90. The molecule has 0 aliphatic rings. The molecular formula is C17H16ClF2NO4S. The van der Waals surface area contributed by atoms with E-state index in [-0.39, 0.29) is 23.5 Å². The summed E-state index contributed by atoms with van der Waals surface area (Å²) < 4.78 is 58.5. The van der Waals surface area contributed by atoms with Crippen molar-refractivity contribution in [2.24, 2.45) is 0 Å². The van der Waals surface area contributed by atoms with E-state index in [0.717, 1.165) is 18.2 Å². The Morgan fingerprint density at radius 1 is 1.19 bits per heavy atom. The molecule has 0 saturated carbocycles. The van der Waals surface area contributed by atoms with E-state index in [1.54, 1.807) is 0 Å². The summed E-state index contributed by atoms with van der Waals surface area (Å²) in [5, 5.41) is 1.11. The number of ether oxygens (including phenoxy) is 1. The third-order valence-corrected chi connectivity index (χ3v) is 6.06. The number of benzene rings is 2. The fourth-order valence-electron chi connectivity index (χ4n) is 2.36. The summed E-state index contributed by atoms with van der Waals surface area (Å²) >= 11 is 5.77. The SMILES string of the molecule is CNC(=O)OCCC(c1cc(F)ccc1F)S(=O)(=O)c1ccc(Cl)cc1. The van der Waals surface area contributed by atoms with Gasteiger partial charge in [0, 0.05) is 24.1 Å². The van der Waals surface area contributed by atoms with Crippen LogP contribution in [0.25, 0.3) is 0 Å². The summed E-state index contributed by atoms with van der Waals surface area (Å²) in [5.41, 5.74) is -0.333. The quantitative estimate of drug-likeness (QED) is 0.794. The summed E-state index contributed by atoms with van der Waals surface area (Å²) in [7, 11) is -2.75. The first-order chi connectivity index (χ1) is 12.3. The Bertz CT molecular complexity index is 888. The lowest BCUT2D eigenvalue weighted by Crippen LogP contribution is -2.22. The lowest BCUT2D eigenvalue weighted by Gasteiger charge is -2.19. The van der Waals surface area contributed by atoms with Crippen LogP contribution in [0.15, 0.2) is 47.4 Å². The van der Waals surface area contributed by atoms with Crippen molar-refractivity contribution in [2.45, 2.75) is 16.6 Å². The van der Waals surface area contributed by atoms with Crippen LogP contribution in [-0.4, -0.2) is 28.2 Å². The summed E-state index contributed by atoms with van der Waals surface area (Å²) in [4.78, 5) is 11.1. The van der Waals surface area contributed by atoms with Gasteiger partial charge in [-0.15, -0.1) is 0 Å². The van der Waals surface area contributed by atoms with Gasteiger partial charge in [0.25, 0.3) is 0 Å². The number of carbonyl (C=O) groups excluding carboxylic acids is 1. The first-order valence-corrected chi connectivity index (χ1v) is 9.47. The van der Waals surface area contributed by atoms with Crippen molar-refractivity contribution < 1.29 is 26.7 Å². The van der Waals surface area contributed by atoms with Crippen molar-refractivity contribution in [1.82, 2.24) is 5.32 Å². The van der Waals surface area contributed by atoms with Crippen LogP contribution in [0.2, 0.25) is 5.02 Å². The Morgan fingerprint density at radius 3 is 2.46 bits per heavy atom. The molecule has 0 fully saturated rings. The van der Waals surface area contributed by atoms with E-state index in [1.165, 1.54) is 31.3 Å². The molecule has 0 bridgehead atoms. The number of amides is 1. The Kier molecular flexibility index (Phi) is 6.55. The molecule has 5 nitrogen and oxygen atoms in total. The molecule has 0 aliphatic heterocycles. The van der Waals surface area contributed by atoms with E-state index in [9.17, 15) is 22.0 Å². The van der Waals surface area contributed by atoms with E-state index in [4.69, 9.17) is 16.3 Å². The van der Waals surface area contributed by atoms with Crippen LogP contribution in [0.5, 0.6) is 0 Å². The first-order valence-electron chi connectivity index (χ1n) is 7.54. The Morgan fingerprint density at radius 2 is 1.85 bits per heavy atom. The molecule has 2 aromatic carbocycles. The fourth-order valence-corrected chi connectivity index (χ4v) is 4.25. The summed E-state index contributed by atoms with van der Waals surface area (Å²) in [6.45, 7) is -0.298. The third-order valence-electron chi connectivity index (χ3n) is 3.64. The van der Waals surface area contributed by atoms with Crippen LogP contribution in [0, 0.1) is 11.6 Å². The highest BCUT2D eigenvalue weighted by atomic mass is 35.5. The average Bonchev–Trinajstić information content (AvgIpc) is 2.61. The Labute approximate surface area is 154 Å². The lowest BCUT2D eigenvalue weighted by atomic mass is 10.1. The molecule has 2 rings (SSSR count). The standard InChI is InChI=1S/C17H16ClF2NO4S/c1-21-17(22)25-9-8-16(14-10-12(19)4-7-15(14)20)26(23,24)13-5-2-11(18)3-6-13/h2-7,10,16H,8-9H2,1H3,(H,21,22). The van der Waals surface area contributed by atoms with Gasteiger partial charge in [-0.3, -0.25) is 0 Å². The minimum Gasteiger partial charge on any atom is -0.450 e. The van der Waals surface area contributed by atoms with Crippen LogP contribution in [0.1, 0.15) is 17.2 Å². The second-order valence-corrected chi connectivity index (χ2v) is 7.89. The largest absolute Gasteiger partial charge is 0.450 e. The monoisotopic (exact) mass is 403 g/mol. The molecule has 1 atom stereocenters. The molecule has 0 saturated heterocycles. The molecule has 1 amide bonds. The van der Waals surface area contributed by atoms with Crippen LogP contribution in [0.4, 0.5) is 13.6 Å². The molecule has 26 heavy (non-hydrogen) atoms. The number of hydrogen-bond donors (Lipinski definition) is 1. The zero-order valence-electron chi connectivity index (χ0n) is 13.7. The van der Waals surface area contributed by atoms with Gasteiger partial charge in [-0.1, -0.05) is 11.6 Å². The second kappa shape index (κ2) is 8.46. The number of alkyl carbamates (subject to hydrolysis) is 1. The van der Waals surface area contributed by atoms with Gasteiger partial charge in [-0.2, -0.15) is 0 Å². The van der Waals surface area contributed by atoms with E-state index in [0.29, 0.717) is 5.02 Å². The number of rotatable bonds is 6. The molecule has 2 aromatic rings.